The van der Waals surface area contributed by atoms with Crippen molar-refractivity contribution in [3.63, 3.8) is 0 Å². The molecule has 1 unspecified atom stereocenters. The Morgan fingerprint density at radius 2 is 1.92 bits per heavy atom. The maximum absolute atomic E-state index is 12.1. The summed E-state index contributed by atoms with van der Waals surface area (Å²) < 4.78 is 0. The summed E-state index contributed by atoms with van der Waals surface area (Å²) in [7, 11) is 0. The molecule has 0 aliphatic carbocycles. The van der Waals surface area contributed by atoms with Gasteiger partial charge in [0.05, 0.1) is 17.7 Å². The first-order valence-corrected chi connectivity index (χ1v) is 8.91. The van der Waals surface area contributed by atoms with E-state index in [1.807, 2.05) is 6.07 Å². The molecular formula is C21H23N3O2. The van der Waals surface area contributed by atoms with Crippen LogP contribution in [0.3, 0.4) is 0 Å². The molecule has 1 aliphatic rings. The van der Waals surface area contributed by atoms with Gasteiger partial charge in [-0.05, 0) is 48.2 Å². The Hall–Kier alpha value is -2.68. The van der Waals surface area contributed by atoms with Crippen molar-refractivity contribution in [3.8, 4) is 6.07 Å². The minimum atomic E-state index is -0.471. The molecule has 0 fully saturated rings. The van der Waals surface area contributed by atoms with Gasteiger partial charge < -0.3 is 10.4 Å². The number of carbonyl (C=O) groups is 1. The highest BCUT2D eigenvalue weighted by Crippen LogP contribution is 2.18. The van der Waals surface area contributed by atoms with E-state index < -0.39 is 6.10 Å². The lowest BCUT2D eigenvalue weighted by Crippen LogP contribution is -2.38. The Bertz CT molecular complexity index is 796. The maximum atomic E-state index is 12.1. The fourth-order valence-electron chi connectivity index (χ4n) is 3.25. The molecule has 0 saturated heterocycles. The molecule has 0 saturated carbocycles. The van der Waals surface area contributed by atoms with E-state index in [0.29, 0.717) is 30.6 Å². The molecule has 1 atom stereocenters. The Morgan fingerprint density at radius 3 is 2.65 bits per heavy atom. The van der Waals surface area contributed by atoms with E-state index in [9.17, 15) is 9.90 Å². The molecule has 0 spiro atoms. The molecule has 1 heterocycles. The number of amides is 1. The van der Waals surface area contributed by atoms with Gasteiger partial charge in [0, 0.05) is 31.7 Å². The topological polar surface area (TPSA) is 76.4 Å². The van der Waals surface area contributed by atoms with Crippen LogP contribution in [0.5, 0.6) is 0 Å². The molecule has 2 N–H and O–H groups in total. The van der Waals surface area contributed by atoms with Gasteiger partial charge in [0.15, 0.2) is 0 Å². The maximum Gasteiger partial charge on any atom is 0.251 e. The number of aliphatic hydroxyl groups excluding tert-OH is 1. The lowest BCUT2D eigenvalue weighted by molar-refractivity contribution is 0.0892. The highest BCUT2D eigenvalue weighted by molar-refractivity contribution is 5.94. The molecule has 134 valence electrons. The van der Waals surface area contributed by atoms with E-state index in [0.717, 1.165) is 19.5 Å². The Morgan fingerprint density at radius 1 is 1.19 bits per heavy atom. The van der Waals surface area contributed by atoms with Crippen molar-refractivity contribution >= 4 is 5.91 Å². The Kier molecular flexibility index (Phi) is 6.00. The fourth-order valence-corrected chi connectivity index (χ4v) is 3.25. The van der Waals surface area contributed by atoms with Crippen molar-refractivity contribution in [3.05, 3.63) is 70.8 Å². The third-order valence-electron chi connectivity index (χ3n) is 4.72. The van der Waals surface area contributed by atoms with Crippen molar-refractivity contribution < 1.29 is 9.90 Å². The summed E-state index contributed by atoms with van der Waals surface area (Å²) in [6, 6.07) is 17.0. The molecule has 1 amide bonds. The van der Waals surface area contributed by atoms with Crippen LogP contribution in [-0.2, 0) is 13.0 Å². The number of carbonyl (C=O) groups excluding carboxylic acids is 1. The molecule has 2 aromatic carbocycles. The summed E-state index contributed by atoms with van der Waals surface area (Å²) in [4.78, 5) is 14.3. The molecule has 3 rings (SSSR count). The summed E-state index contributed by atoms with van der Waals surface area (Å²) in [6.07, 6.45) is 1.06. The number of nitrogens with one attached hydrogen (secondary N) is 1. The largest absolute Gasteiger partial charge is 0.392 e. The van der Waals surface area contributed by atoms with Gasteiger partial charge in [0.1, 0.15) is 0 Å². The van der Waals surface area contributed by atoms with E-state index in [4.69, 9.17) is 5.26 Å². The second-order valence-corrected chi connectivity index (χ2v) is 6.64. The normalized spacial score (nSPS) is 14.9. The number of rotatable bonds is 6. The lowest BCUT2D eigenvalue weighted by Gasteiger charge is -2.30. The number of fused-ring (bicyclic) bond motifs is 1. The van der Waals surface area contributed by atoms with Crippen LogP contribution >= 0.6 is 0 Å². The van der Waals surface area contributed by atoms with Gasteiger partial charge in [0.2, 0.25) is 0 Å². The third kappa shape index (κ3) is 4.69. The van der Waals surface area contributed by atoms with Crippen LogP contribution in [-0.4, -0.2) is 41.7 Å². The standard InChI is InChI=1S/C21H23N3O2/c22-13-16-5-7-18(8-6-16)21(26)23-11-9-20(25)15-24-12-10-17-3-1-2-4-19(17)14-24/h1-8,20,25H,9-12,14-15H2,(H,23,26). The first kappa shape index (κ1) is 18.1. The monoisotopic (exact) mass is 349 g/mol. The summed E-state index contributed by atoms with van der Waals surface area (Å²) >= 11 is 0. The van der Waals surface area contributed by atoms with Crippen LogP contribution in [0.15, 0.2) is 48.5 Å². The third-order valence-corrected chi connectivity index (χ3v) is 4.72. The molecular weight excluding hydrogens is 326 g/mol. The van der Waals surface area contributed by atoms with E-state index in [1.54, 1.807) is 24.3 Å². The number of aliphatic hydroxyl groups is 1. The first-order valence-electron chi connectivity index (χ1n) is 8.91. The van der Waals surface area contributed by atoms with Crippen LogP contribution in [0.4, 0.5) is 0 Å². The van der Waals surface area contributed by atoms with Gasteiger partial charge >= 0.3 is 0 Å². The van der Waals surface area contributed by atoms with Gasteiger partial charge in [-0.3, -0.25) is 9.69 Å². The highest BCUT2D eigenvalue weighted by Gasteiger charge is 2.18. The van der Waals surface area contributed by atoms with Crippen LogP contribution in [0.2, 0.25) is 0 Å². The molecule has 2 aromatic rings. The number of nitriles is 1. The van der Waals surface area contributed by atoms with Crippen molar-refractivity contribution in [1.82, 2.24) is 10.2 Å². The smallest absolute Gasteiger partial charge is 0.251 e. The van der Waals surface area contributed by atoms with Gasteiger partial charge in [0.25, 0.3) is 5.91 Å². The van der Waals surface area contributed by atoms with Crippen molar-refractivity contribution in [2.75, 3.05) is 19.6 Å². The summed E-state index contributed by atoms with van der Waals surface area (Å²) in [5.74, 6) is -0.186. The SMILES string of the molecule is N#Cc1ccc(C(=O)NCCC(O)CN2CCc3ccccc3C2)cc1. The van der Waals surface area contributed by atoms with Crippen LogP contribution in [0.1, 0.15) is 33.5 Å². The lowest BCUT2D eigenvalue weighted by atomic mass is 9.99. The number of nitrogens with zero attached hydrogens (tertiary/aromatic N) is 2. The van der Waals surface area contributed by atoms with Gasteiger partial charge in [-0.1, -0.05) is 24.3 Å². The fraction of sp³-hybridized carbons (Fsp3) is 0.333. The zero-order valence-corrected chi connectivity index (χ0v) is 14.7. The molecule has 5 nitrogen and oxygen atoms in total. The predicted molar refractivity (Wildman–Crippen MR) is 99.5 cm³/mol. The highest BCUT2D eigenvalue weighted by atomic mass is 16.3. The first-order chi connectivity index (χ1) is 12.7. The quantitative estimate of drug-likeness (QED) is 0.837. The average molecular weight is 349 g/mol. The van der Waals surface area contributed by atoms with Gasteiger partial charge in [-0.15, -0.1) is 0 Å². The van der Waals surface area contributed by atoms with Gasteiger partial charge in [-0.2, -0.15) is 5.26 Å². The summed E-state index contributed by atoms with van der Waals surface area (Å²) in [5, 5.41) is 21.9. The van der Waals surface area contributed by atoms with Gasteiger partial charge in [-0.25, -0.2) is 0 Å². The average Bonchev–Trinajstić information content (AvgIpc) is 2.68. The number of β-amino-alcohol motifs (C(OH)–C–C–N with tert-alkyl or cyclic N) is 1. The van der Waals surface area contributed by atoms with E-state index in [-0.39, 0.29) is 5.91 Å². The van der Waals surface area contributed by atoms with Crippen molar-refractivity contribution in [2.24, 2.45) is 0 Å². The molecule has 0 radical (unpaired) electrons. The molecule has 1 aliphatic heterocycles. The predicted octanol–water partition coefficient (Wildman–Crippen LogP) is 2.10. The minimum absolute atomic E-state index is 0.186. The Balaban J connectivity index is 1.41. The molecule has 0 bridgehead atoms. The van der Waals surface area contributed by atoms with E-state index in [1.165, 1.54) is 11.1 Å². The zero-order chi connectivity index (χ0) is 18.4. The second kappa shape index (κ2) is 8.61. The minimum Gasteiger partial charge on any atom is -0.392 e. The van der Waals surface area contributed by atoms with Crippen LogP contribution < -0.4 is 5.32 Å². The van der Waals surface area contributed by atoms with Crippen molar-refractivity contribution in [2.45, 2.75) is 25.5 Å². The number of benzene rings is 2. The van der Waals surface area contributed by atoms with Crippen LogP contribution in [0.25, 0.3) is 0 Å². The van der Waals surface area contributed by atoms with E-state index in [2.05, 4.69) is 34.5 Å². The Labute approximate surface area is 153 Å². The second-order valence-electron chi connectivity index (χ2n) is 6.64. The number of hydrogen-bond donors (Lipinski definition) is 2. The van der Waals surface area contributed by atoms with E-state index >= 15 is 0 Å². The molecule has 5 heteroatoms. The molecule has 0 aromatic heterocycles. The molecule has 26 heavy (non-hydrogen) atoms. The zero-order valence-electron chi connectivity index (χ0n) is 14.7. The summed E-state index contributed by atoms with van der Waals surface area (Å²) in [6.45, 7) is 2.85. The number of hydrogen-bond acceptors (Lipinski definition) is 4. The summed E-state index contributed by atoms with van der Waals surface area (Å²) in [5.41, 5.74) is 3.78. The van der Waals surface area contributed by atoms with Crippen LogP contribution in [0, 0.1) is 11.3 Å². The van der Waals surface area contributed by atoms with Crippen molar-refractivity contribution in [1.29, 1.82) is 5.26 Å².